The first-order valence-corrected chi connectivity index (χ1v) is 12.2. The van der Waals surface area contributed by atoms with Gasteiger partial charge in [0.1, 0.15) is 11.5 Å². The average molecular weight is 507 g/mol. The van der Waals surface area contributed by atoms with Crippen molar-refractivity contribution in [1.29, 1.82) is 0 Å². The van der Waals surface area contributed by atoms with Gasteiger partial charge in [-0.05, 0) is 59.7 Å². The van der Waals surface area contributed by atoms with Crippen LogP contribution in [0.15, 0.2) is 121 Å². The molecule has 0 spiro atoms. The van der Waals surface area contributed by atoms with Crippen molar-refractivity contribution in [3.63, 3.8) is 0 Å². The van der Waals surface area contributed by atoms with Gasteiger partial charge in [0.2, 0.25) is 0 Å². The van der Waals surface area contributed by atoms with Crippen molar-refractivity contribution in [2.24, 2.45) is 0 Å². The molecule has 6 nitrogen and oxygen atoms in total. The smallest absolute Gasteiger partial charge is 0.251 e. The number of hydrogen-bond acceptors (Lipinski definition) is 4. The van der Waals surface area contributed by atoms with Gasteiger partial charge < -0.3 is 19.3 Å². The molecule has 38 heavy (non-hydrogen) atoms. The first-order valence-electron chi connectivity index (χ1n) is 12.2. The van der Waals surface area contributed by atoms with Gasteiger partial charge in [0, 0.05) is 23.5 Å². The third kappa shape index (κ3) is 6.89. The summed E-state index contributed by atoms with van der Waals surface area (Å²) in [4.78, 5) is 30.1. The molecule has 192 valence electrons. The second kappa shape index (κ2) is 12.9. The molecular weight excluding hydrogens is 476 g/mol. The van der Waals surface area contributed by atoms with Gasteiger partial charge in [-0.1, -0.05) is 60.7 Å². The van der Waals surface area contributed by atoms with Crippen molar-refractivity contribution in [2.45, 2.75) is 13.1 Å². The van der Waals surface area contributed by atoms with Gasteiger partial charge in [-0.3, -0.25) is 9.59 Å². The summed E-state index contributed by atoms with van der Waals surface area (Å²) in [7, 11) is 3.19. The number of amides is 2. The quantitative estimate of drug-likeness (QED) is 0.247. The zero-order valence-corrected chi connectivity index (χ0v) is 21.5. The van der Waals surface area contributed by atoms with E-state index < -0.39 is 0 Å². The minimum absolute atomic E-state index is 0.304. The summed E-state index contributed by atoms with van der Waals surface area (Å²) >= 11 is 0. The molecule has 0 unspecified atom stereocenters. The number of rotatable bonds is 10. The monoisotopic (exact) mass is 506 g/mol. The van der Waals surface area contributed by atoms with Gasteiger partial charge in [-0.2, -0.15) is 0 Å². The zero-order chi connectivity index (χ0) is 26.7. The molecule has 6 heteroatoms. The fourth-order valence-corrected chi connectivity index (χ4v) is 3.97. The van der Waals surface area contributed by atoms with E-state index in [2.05, 4.69) is 0 Å². The molecule has 0 saturated heterocycles. The lowest BCUT2D eigenvalue weighted by molar-refractivity contribution is -0.116. The second-order valence-corrected chi connectivity index (χ2v) is 8.55. The van der Waals surface area contributed by atoms with Crippen LogP contribution in [0.5, 0.6) is 11.5 Å². The van der Waals surface area contributed by atoms with E-state index in [1.807, 2.05) is 84.9 Å². The Morgan fingerprint density at radius 3 is 1.21 bits per heavy atom. The molecule has 0 aliphatic heterocycles. The number of nitrogens with zero attached hydrogens (tertiary/aromatic N) is 2. The van der Waals surface area contributed by atoms with Crippen molar-refractivity contribution in [3.05, 3.63) is 132 Å². The van der Waals surface area contributed by atoms with Crippen LogP contribution >= 0.6 is 0 Å². The highest BCUT2D eigenvalue weighted by atomic mass is 16.5. The molecule has 0 radical (unpaired) electrons. The van der Waals surface area contributed by atoms with Crippen molar-refractivity contribution >= 4 is 23.2 Å². The maximum absolute atomic E-state index is 13.4. The maximum atomic E-state index is 13.4. The SMILES string of the molecule is COc1ccc(N(Cc2ccccc2)C(=O)/C=C/C(=O)N(Cc2ccccc2)c2ccc(OC)cc2)cc1. The fourth-order valence-electron chi connectivity index (χ4n) is 3.97. The highest BCUT2D eigenvalue weighted by Gasteiger charge is 2.18. The van der Waals surface area contributed by atoms with Crippen LogP contribution in [-0.4, -0.2) is 26.0 Å². The Morgan fingerprint density at radius 1 is 0.553 bits per heavy atom. The first kappa shape index (κ1) is 26.2. The number of benzene rings is 4. The summed E-state index contributed by atoms with van der Waals surface area (Å²) in [5.74, 6) is 0.786. The lowest BCUT2D eigenvalue weighted by Crippen LogP contribution is -2.31. The van der Waals surface area contributed by atoms with Gasteiger partial charge in [0.05, 0.1) is 27.3 Å². The summed E-state index contributed by atoms with van der Waals surface area (Å²) in [6.45, 7) is 0.716. The number of carbonyl (C=O) groups excluding carboxylic acids is 2. The van der Waals surface area contributed by atoms with Crippen LogP contribution < -0.4 is 19.3 Å². The largest absolute Gasteiger partial charge is 0.497 e. The zero-order valence-electron chi connectivity index (χ0n) is 21.5. The number of hydrogen-bond donors (Lipinski definition) is 0. The maximum Gasteiger partial charge on any atom is 0.251 e. The third-order valence-electron chi connectivity index (χ3n) is 6.04. The van der Waals surface area contributed by atoms with Crippen molar-refractivity contribution in [2.75, 3.05) is 24.0 Å². The van der Waals surface area contributed by atoms with E-state index in [0.717, 1.165) is 11.1 Å². The van der Waals surface area contributed by atoms with Crippen LogP contribution in [0.25, 0.3) is 0 Å². The van der Waals surface area contributed by atoms with E-state index in [1.54, 1.807) is 48.3 Å². The Labute approximate surface area is 223 Å². The molecule has 4 aromatic carbocycles. The fraction of sp³-hybridized carbons (Fsp3) is 0.125. The second-order valence-electron chi connectivity index (χ2n) is 8.55. The summed E-state index contributed by atoms with van der Waals surface area (Å²) in [6.07, 6.45) is 2.66. The van der Waals surface area contributed by atoms with Gasteiger partial charge in [-0.15, -0.1) is 0 Å². The molecule has 0 bridgehead atoms. The number of ether oxygens (including phenoxy) is 2. The Morgan fingerprint density at radius 2 is 0.895 bits per heavy atom. The lowest BCUT2D eigenvalue weighted by atomic mass is 10.1. The summed E-state index contributed by atoms with van der Waals surface area (Å²) < 4.78 is 10.5. The predicted molar refractivity (Wildman–Crippen MR) is 150 cm³/mol. The molecule has 0 saturated carbocycles. The standard InChI is InChI=1S/C32H30N2O4/c1-37-29-17-13-27(14-18-29)33(23-25-9-5-3-6-10-25)31(35)21-22-32(36)34(24-26-11-7-4-8-12-26)28-15-19-30(38-2)20-16-28/h3-22H,23-24H2,1-2H3/b22-21+. The molecule has 4 rings (SSSR count). The molecule has 0 heterocycles. The average Bonchev–Trinajstić information content (AvgIpc) is 2.98. The van der Waals surface area contributed by atoms with Crippen LogP contribution in [-0.2, 0) is 22.7 Å². The van der Waals surface area contributed by atoms with Gasteiger partial charge in [-0.25, -0.2) is 0 Å². The molecule has 0 aliphatic rings. The highest BCUT2D eigenvalue weighted by Crippen LogP contribution is 2.23. The third-order valence-corrected chi connectivity index (χ3v) is 6.04. The van der Waals surface area contributed by atoms with E-state index in [1.165, 1.54) is 12.2 Å². The lowest BCUT2D eigenvalue weighted by Gasteiger charge is -2.23. The molecule has 0 atom stereocenters. The minimum Gasteiger partial charge on any atom is -0.497 e. The molecule has 0 aromatic heterocycles. The minimum atomic E-state index is -0.304. The van der Waals surface area contributed by atoms with E-state index in [0.29, 0.717) is 36.0 Å². The highest BCUT2D eigenvalue weighted by molar-refractivity contribution is 6.08. The molecular formula is C32H30N2O4. The van der Waals surface area contributed by atoms with E-state index in [4.69, 9.17) is 9.47 Å². The van der Waals surface area contributed by atoms with Gasteiger partial charge >= 0.3 is 0 Å². The van der Waals surface area contributed by atoms with Crippen LogP contribution in [0.3, 0.4) is 0 Å². The number of carbonyl (C=O) groups is 2. The molecule has 2 amide bonds. The van der Waals surface area contributed by atoms with E-state index in [9.17, 15) is 9.59 Å². The van der Waals surface area contributed by atoms with Gasteiger partial charge in [0.25, 0.3) is 11.8 Å². The summed E-state index contributed by atoms with van der Waals surface area (Å²) in [5.41, 5.74) is 3.35. The molecule has 0 aliphatic carbocycles. The van der Waals surface area contributed by atoms with Crippen molar-refractivity contribution < 1.29 is 19.1 Å². The Kier molecular flexibility index (Phi) is 8.92. The van der Waals surface area contributed by atoms with Crippen LogP contribution in [0, 0.1) is 0 Å². The summed E-state index contributed by atoms with van der Waals surface area (Å²) in [6, 6.07) is 34.0. The van der Waals surface area contributed by atoms with E-state index >= 15 is 0 Å². The number of anilines is 2. The Balaban J connectivity index is 1.59. The van der Waals surface area contributed by atoms with Crippen LogP contribution in [0.2, 0.25) is 0 Å². The molecule has 0 fully saturated rings. The first-order chi connectivity index (χ1) is 18.6. The number of methoxy groups -OCH3 is 2. The predicted octanol–water partition coefficient (Wildman–Crippen LogP) is 6.03. The van der Waals surface area contributed by atoms with Crippen molar-refractivity contribution in [3.8, 4) is 11.5 Å². The summed E-state index contributed by atoms with van der Waals surface area (Å²) in [5, 5.41) is 0. The van der Waals surface area contributed by atoms with Crippen LogP contribution in [0.4, 0.5) is 11.4 Å². The Bertz CT molecular complexity index is 1250. The normalized spacial score (nSPS) is 10.7. The van der Waals surface area contributed by atoms with E-state index in [-0.39, 0.29) is 11.8 Å². The van der Waals surface area contributed by atoms with Crippen LogP contribution in [0.1, 0.15) is 11.1 Å². The topological polar surface area (TPSA) is 59.1 Å². The molecule has 4 aromatic rings. The van der Waals surface area contributed by atoms with Gasteiger partial charge in [0.15, 0.2) is 0 Å². The Hall–Kier alpha value is -4.84. The van der Waals surface area contributed by atoms with Crippen molar-refractivity contribution in [1.82, 2.24) is 0 Å². The molecule has 0 N–H and O–H groups in total.